The Morgan fingerprint density at radius 1 is 1.32 bits per heavy atom. The standard InChI is InChI=1S/C20H29FN2O.ClH/c1-15(18-3-2-9-22-13-18)11-20(24)23-10-8-17(14-23)12-16-4-6-19(21)7-5-16;/h4-7,15,17-18,22H,2-3,8-14H2,1H3;1H. The van der Waals surface area contributed by atoms with E-state index in [9.17, 15) is 9.18 Å². The first-order valence-corrected chi connectivity index (χ1v) is 9.34. The molecule has 0 radical (unpaired) electrons. The number of piperidine rings is 1. The average Bonchev–Trinajstić information content (AvgIpc) is 3.06. The Morgan fingerprint density at radius 3 is 2.76 bits per heavy atom. The molecule has 0 aliphatic carbocycles. The maximum Gasteiger partial charge on any atom is 0.222 e. The smallest absolute Gasteiger partial charge is 0.222 e. The topological polar surface area (TPSA) is 32.3 Å². The summed E-state index contributed by atoms with van der Waals surface area (Å²) in [5, 5.41) is 3.45. The quantitative estimate of drug-likeness (QED) is 0.860. The number of nitrogens with zero attached hydrogens (tertiary/aromatic N) is 1. The van der Waals surface area contributed by atoms with Crippen molar-refractivity contribution in [1.29, 1.82) is 0 Å². The lowest BCUT2D eigenvalue weighted by molar-refractivity contribution is -0.131. The van der Waals surface area contributed by atoms with Gasteiger partial charge in [-0.2, -0.15) is 0 Å². The fourth-order valence-corrected chi connectivity index (χ4v) is 4.12. The van der Waals surface area contributed by atoms with Gasteiger partial charge in [-0.3, -0.25) is 4.79 Å². The molecule has 2 fully saturated rings. The SMILES string of the molecule is CC(CC(=O)N1CCC(Cc2ccc(F)cc2)C1)C1CCCNC1.Cl. The third kappa shape index (κ3) is 5.68. The van der Waals surface area contributed by atoms with Crippen molar-refractivity contribution in [3.63, 3.8) is 0 Å². The zero-order valence-corrected chi connectivity index (χ0v) is 15.9. The van der Waals surface area contributed by atoms with Crippen LogP contribution in [0.3, 0.4) is 0 Å². The van der Waals surface area contributed by atoms with E-state index in [4.69, 9.17) is 0 Å². The van der Waals surface area contributed by atoms with E-state index in [-0.39, 0.29) is 18.2 Å². The fourth-order valence-electron chi connectivity index (χ4n) is 4.12. The molecule has 2 aliphatic rings. The van der Waals surface area contributed by atoms with Crippen LogP contribution in [0, 0.1) is 23.6 Å². The van der Waals surface area contributed by atoms with Crippen molar-refractivity contribution >= 4 is 18.3 Å². The number of hydrogen-bond acceptors (Lipinski definition) is 2. The molecular formula is C20H30ClFN2O. The van der Waals surface area contributed by atoms with Gasteiger partial charge in [0.25, 0.3) is 0 Å². The van der Waals surface area contributed by atoms with Crippen molar-refractivity contribution in [2.24, 2.45) is 17.8 Å². The number of carbonyl (C=O) groups is 1. The second kappa shape index (κ2) is 9.54. The molecule has 140 valence electrons. The van der Waals surface area contributed by atoms with Crippen molar-refractivity contribution in [2.75, 3.05) is 26.2 Å². The highest BCUT2D eigenvalue weighted by molar-refractivity contribution is 5.85. The van der Waals surface area contributed by atoms with Gasteiger partial charge in [-0.15, -0.1) is 12.4 Å². The van der Waals surface area contributed by atoms with Crippen molar-refractivity contribution in [3.05, 3.63) is 35.6 Å². The van der Waals surface area contributed by atoms with Crippen LogP contribution in [-0.2, 0) is 11.2 Å². The van der Waals surface area contributed by atoms with Crippen LogP contribution in [0.1, 0.15) is 38.2 Å². The number of hydrogen-bond donors (Lipinski definition) is 1. The lowest BCUT2D eigenvalue weighted by Crippen LogP contribution is -2.36. The van der Waals surface area contributed by atoms with Gasteiger partial charge >= 0.3 is 0 Å². The minimum Gasteiger partial charge on any atom is -0.342 e. The molecule has 1 aromatic rings. The molecule has 3 atom stereocenters. The molecule has 1 N–H and O–H groups in total. The molecular weight excluding hydrogens is 339 g/mol. The molecule has 1 aromatic carbocycles. The molecule has 3 nitrogen and oxygen atoms in total. The third-order valence-electron chi connectivity index (χ3n) is 5.71. The van der Waals surface area contributed by atoms with Crippen LogP contribution in [0.15, 0.2) is 24.3 Å². The Morgan fingerprint density at radius 2 is 2.08 bits per heavy atom. The number of rotatable bonds is 5. The zero-order valence-electron chi connectivity index (χ0n) is 15.0. The Kier molecular flexibility index (Phi) is 7.70. The van der Waals surface area contributed by atoms with E-state index in [2.05, 4.69) is 12.2 Å². The Hall–Kier alpha value is -1.13. The van der Waals surface area contributed by atoms with Crippen molar-refractivity contribution in [2.45, 2.75) is 39.0 Å². The van der Waals surface area contributed by atoms with Crippen LogP contribution < -0.4 is 5.32 Å². The molecule has 0 bridgehead atoms. The van der Waals surface area contributed by atoms with Gasteiger partial charge in [0.1, 0.15) is 5.82 Å². The van der Waals surface area contributed by atoms with Gasteiger partial charge in [-0.25, -0.2) is 4.39 Å². The van der Waals surface area contributed by atoms with E-state index in [0.717, 1.165) is 44.6 Å². The Bertz CT molecular complexity index is 545. The lowest BCUT2D eigenvalue weighted by Gasteiger charge is -2.29. The van der Waals surface area contributed by atoms with E-state index in [1.54, 1.807) is 0 Å². The van der Waals surface area contributed by atoms with Gasteiger partial charge < -0.3 is 10.2 Å². The van der Waals surface area contributed by atoms with E-state index >= 15 is 0 Å². The number of benzene rings is 1. The predicted molar refractivity (Wildman–Crippen MR) is 101 cm³/mol. The van der Waals surface area contributed by atoms with Gasteiger partial charge in [0.2, 0.25) is 5.91 Å². The molecule has 0 aromatic heterocycles. The van der Waals surface area contributed by atoms with Gasteiger partial charge in [0.05, 0.1) is 0 Å². The van der Waals surface area contributed by atoms with Crippen molar-refractivity contribution < 1.29 is 9.18 Å². The summed E-state index contributed by atoms with van der Waals surface area (Å²) < 4.78 is 13.0. The number of halogens is 2. The maximum absolute atomic E-state index is 13.0. The summed E-state index contributed by atoms with van der Waals surface area (Å²) in [7, 11) is 0. The Balaban J connectivity index is 0.00000225. The average molecular weight is 369 g/mol. The van der Waals surface area contributed by atoms with Crippen molar-refractivity contribution in [1.82, 2.24) is 10.2 Å². The first-order valence-electron chi connectivity index (χ1n) is 9.34. The summed E-state index contributed by atoms with van der Waals surface area (Å²) in [6, 6.07) is 6.76. The predicted octanol–water partition coefficient (Wildman–Crippen LogP) is 3.66. The summed E-state index contributed by atoms with van der Waals surface area (Å²) in [6.07, 6.45) is 5.14. The van der Waals surface area contributed by atoms with E-state index in [1.807, 2.05) is 17.0 Å². The second-order valence-electron chi connectivity index (χ2n) is 7.61. The molecule has 0 saturated carbocycles. The van der Waals surface area contributed by atoms with Crippen LogP contribution in [0.5, 0.6) is 0 Å². The largest absolute Gasteiger partial charge is 0.342 e. The highest BCUT2D eigenvalue weighted by Gasteiger charge is 2.29. The lowest BCUT2D eigenvalue weighted by atomic mass is 9.85. The summed E-state index contributed by atoms with van der Waals surface area (Å²) in [6.45, 7) is 6.13. The fraction of sp³-hybridized carbons (Fsp3) is 0.650. The summed E-state index contributed by atoms with van der Waals surface area (Å²) in [4.78, 5) is 14.6. The molecule has 3 rings (SSSR count). The van der Waals surface area contributed by atoms with Crippen LogP contribution in [-0.4, -0.2) is 37.0 Å². The number of nitrogens with one attached hydrogen (secondary N) is 1. The first-order chi connectivity index (χ1) is 11.6. The number of likely N-dealkylation sites (tertiary alicyclic amines) is 1. The van der Waals surface area contributed by atoms with Gasteiger partial charge in [-0.05, 0) is 74.2 Å². The highest BCUT2D eigenvalue weighted by Crippen LogP contribution is 2.26. The van der Waals surface area contributed by atoms with Gasteiger partial charge in [0, 0.05) is 19.5 Å². The zero-order chi connectivity index (χ0) is 16.9. The third-order valence-corrected chi connectivity index (χ3v) is 5.71. The molecule has 2 heterocycles. The van der Waals surface area contributed by atoms with Crippen LogP contribution in [0.2, 0.25) is 0 Å². The number of amides is 1. The van der Waals surface area contributed by atoms with Crippen LogP contribution in [0.4, 0.5) is 4.39 Å². The molecule has 2 aliphatic heterocycles. The molecule has 5 heteroatoms. The molecule has 1 amide bonds. The Labute approximate surface area is 156 Å². The van der Waals surface area contributed by atoms with Crippen LogP contribution >= 0.6 is 12.4 Å². The van der Waals surface area contributed by atoms with E-state index < -0.39 is 0 Å². The highest BCUT2D eigenvalue weighted by atomic mass is 35.5. The van der Waals surface area contributed by atoms with Crippen LogP contribution in [0.25, 0.3) is 0 Å². The summed E-state index contributed by atoms with van der Waals surface area (Å²) in [5.74, 6) is 1.73. The normalized spacial score (nSPS) is 24.6. The minimum atomic E-state index is -0.187. The van der Waals surface area contributed by atoms with Crippen molar-refractivity contribution in [3.8, 4) is 0 Å². The first kappa shape index (κ1) is 20.2. The minimum absolute atomic E-state index is 0. The molecule has 2 saturated heterocycles. The summed E-state index contributed by atoms with van der Waals surface area (Å²) >= 11 is 0. The summed E-state index contributed by atoms with van der Waals surface area (Å²) in [5.41, 5.74) is 1.16. The maximum atomic E-state index is 13.0. The van der Waals surface area contributed by atoms with E-state index in [1.165, 1.54) is 25.0 Å². The molecule has 0 spiro atoms. The van der Waals surface area contributed by atoms with Gasteiger partial charge in [-0.1, -0.05) is 19.1 Å². The number of carbonyl (C=O) groups excluding carboxylic acids is 1. The van der Waals surface area contributed by atoms with Gasteiger partial charge in [0.15, 0.2) is 0 Å². The second-order valence-corrected chi connectivity index (χ2v) is 7.61. The molecule has 25 heavy (non-hydrogen) atoms. The monoisotopic (exact) mass is 368 g/mol. The van der Waals surface area contributed by atoms with E-state index in [0.29, 0.717) is 30.1 Å². The molecule has 3 unspecified atom stereocenters.